The molecule has 0 aromatic carbocycles. The van der Waals surface area contributed by atoms with Crippen LogP contribution in [0.2, 0.25) is 0 Å². The first-order chi connectivity index (χ1) is 8.60. The van der Waals surface area contributed by atoms with E-state index in [1.54, 1.807) is 7.11 Å². The van der Waals surface area contributed by atoms with Gasteiger partial charge in [-0.05, 0) is 31.2 Å². The molecule has 1 saturated carbocycles. The lowest BCUT2D eigenvalue weighted by molar-refractivity contribution is -0.134. The van der Waals surface area contributed by atoms with E-state index >= 15 is 0 Å². The number of rotatable bonds is 6. The molecule has 1 aliphatic carbocycles. The van der Waals surface area contributed by atoms with Gasteiger partial charge in [0.2, 0.25) is 5.91 Å². The Morgan fingerprint density at radius 3 is 2.72 bits per heavy atom. The van der Waals surface area contributed by atoms with Crippen LogP contribution in [0.15, 0.2) is 0 Å². The van der Waals surface area contributed by atoms with Crippen molar-refractivity contribution in [3.05, 3.63) is 0 Å². The summed E-state index contributed by atoms with van der Waals surface area (Å²) in [6, 6.07) is 0.339. The Hall–Kier alpha value is -0.610. The number of nitrogens with two attached hydrogens (primary N) is 1. The van der Waals surface area contributed by atoms with E-state index in [0.29, 0.717) is 31.5 Å². The number of nitrogens with zero attached hydrogens (tertiary/aromatic N) is 1. The van der Waals surface area contributed by atoms with E-state index in [-0.39, 0.29) is 11.8 Å². The topological polar surface area (TPSA) is 55.6 Å². The first kappa shape index (κ1) is 15.4. The van der Waals surface area contributed by atoms with Gasteiger partial charge in [-0.2, -0.15) is 0 Å². The molecule has 0 heterocycles. The summed E-state index contributed by atoms with van der Waals surface area (Å²) in [5.41, 5.74) is 5.82. The molecule has 0 saturated heterocycles. The lowest BCUT2D eigenvalue weighted by Crippen LogP contribution is -2.46. The molecule has 0 aromatic heterocycles. The van der Waals surface area contributed by atoms with Crippen molar-refractivity contribution >= 4 is 5.91 Å². The smallest absolute Gasteiger partial charge is 0.222 e. The van der Waals surface area contributed by atoms with E-state index in [2.05, 4.69) is 6.92 Å². The van der Waals surface area contributed by atoms with E-state index in [1.807, 2.05) is 11.9 Å². The van der Waals surface area contributed by atoms with Crippen LogP contribution in [0.4, 0.5) is 0 Å². The highest BCUT2D eigenvalue weighted by Crippen LogP contribution is 2.27. The number of carbonyl (C=O) groups excluding carboxylic acids is 1. The van der Waals surface area contributed by atoms with Gasteiger partial charge in [0, 0.05) is 33.2 Å². The van der Waals surface area contributed by atoms with E-state index in [0.717, 1.165) is 12.8 Å². The molecule has 1 rings (SSSR count). The maximum absolute atomic E-state index is 12.2. The van der Waals surface area contributed by atoms with Gasteiger partial charge in [-0.15, -0.1) is 0 Å². The summed E-state index contributed by atoms with van der Waals surface area (Å²) in [5.74, 6) is 0.986. The van der Waals surface area contributed by atoms with Crippen LogP contribution in [0.25, 0.3) is 0 Å². The van der Waals surface area contributed by atoms with Crippen LogP contribution in [0.5, 0.6) is 0 Å². The zero-order valence-electron chi connectivity index (χ0n) is 12.0. The van der Waals surface area contributed by atoms with Crippen molar-refractivity contribution in [1.29, 1.82) is 0 Å². The van der Waals surface area contributed by atoms with Crippen LogP contribution in [0, 0.1) is 11.8 Å². The summed E-state index contributed by atoms with van der Waals surface area (Å²) < 4.78 is 5.08. The van der Waals surface area contributed by atoms with Crippen LogP contribution in [0.3, 0.4) is 0 Å². The fraction of sp³-hybridized carbons (Fsp3) is 0.929. The molecule has 1 aliphatic rings. The first-order valence-electron chi connectivity index (χ1n) is 7.04. The molecule has 106 valence electrons. The average molecular weight is 256 g/mol. The minimum atomic E-state index is 0.227. The normalized spacial score (nSPS) is 25.8. The quantitative estimate of drug-likeness (QED) is 0.786. The number of ether oxygens (including phenoxy) is 1. The molecular weight excluding hydrogens is 228 g/mol. The molecule has 18 heavy (non-hydrogen) atoms. The molecule has 0 spiro atoms. The standard InChI is InChI=1S/C14H28N2O2/c1-11(10-18-3)8-14(17)16(2)13-7-5-4-6-12(13)9-15/h11-13H,4-10,15H2,1-3H3. The Bertz CT molecular complexity index is 258. The Balaban J connectivity index is 2.50. The first-order valence-corrected chi connectivity index (χ1v) is 7.04. The SMILES string of the molecule is COCC(C)CC(=O)N(C)C1CCCCC1CN. The van der Waals surface area contributed by atoms with Gasteiger partial charge in [0.05, 0.1) is 0 Å². The van der Waals surface area contributed by atoms with Gasteiger partial charge in [-0.25, -0.2) is 0 Å². The Morgan fingerprint density at radius 1 is 1.44 bits per heavy atom. The van der Waals surface area contributed by atoms with Crippen molar-refractivity contribution in [3.63, 3.8) is 0 Å². The van der Waals surface area contributed by atoms with Crippen molar-refractivity contribution in [2.24, 2.45) is 17.6 Å². The fourth-order valence-corrected chi connectivity index (χ4v) is 2.94. The summed E-state index contributed by atoms with van der Waals surface area (Å²) in [6.45, 7) is 3.39. The molecular formula is C14H28N2O2. The minimum Gasteiger partial charge on any atom is -0.384 e. The Labute approximate surface area is 111 Å². The van der Waals surface area contributed by atoms with Crippen LogP contribution >= 0.6 is 0 Å². The lowest BCUT2D eigenvalue weighted by atomic mass is 9.83. The molecule has 4 heteroatoms. The molecule has 1 amide bonds. The maximum Gasteiger partial charge on any atom is 0.222 e. The van der Waals surface area contributed by atoms with Gasteiger partial charge >= 0.3 is 0 Å². The fourth-order valence-electron chi connectivity index (χ4n) is 2.94. The second kappa shape index (κ2) is 7.74. The van der Waals surface area contributed by atoms with Crippen molar-refractivity contribution in [3.8, 4) is 0 Å². The number of carbonyl (C=O) groups is 1. The predicted molar refractivity (Wildman–Crippen MR) is 73.2 cm³/mol. The van der Waals surface area contributed by atoms with Gasteiger partial charge in [-0.3, -0.25) is 4.79 Å². The summed E-state index contributed by atoms with van der Waals surface area (Å²) in [4.78, 5) is 14.2. The molecule has 0 radical (unpaired) electrons. The summed E-state index contributed by atoms with van der Waals surface area (Å²) in [6.07, 6.45) is 5.29. The number of methoxy groups -OCH3 is 1. The predicted octanol–water partition coefficient (Wildman–Crippen LogP) is 1.63. The van der Waals surface area contributed by atoms with Gasteiger partial charge in [0.15, 0.2) is 0 Å². The Morgan fingerprint density at radius 2 is 2.11 bits per heavy atom. The molecule has 0 aromatic rings. The minimum absolute atomic E-state index is 0.227. The summed E-state index contributed by atoms with van der Waals surface area (Å²) in [7, 11) is 3.61. The lowest BCUT2D eigenvalue weighted by Gasteiger charge is -2.38. The van der Waals surface area contributed by atoms with E-state index in [1.165, 1.54) is 12.8 Å². The van der Waals surface area contributed by atoms with E-state index < -0.39 is 0 Å². The number of hydrogen-bond donors (Lipinski definition) is 1. The van der Waals surface area contributed by atoms with Gasteiger partial charge < -0.3 is 15.4 Å². The second-order valence-corrected chi connectivity index (χ2v) is 5.62. The van der Waals surface area contributed by atoms with E-state index in [4.69, 9.17) is 10.5 Å². The van der Waals surface area contributed by atoms with Crippen molar-refractivity contribution in [2.75, 3.05) is 27.3 Å². The highest BCUT2D eigenvalue weighted by molar-refractivity contribution is 5.76. The molecule has 2 N–H and O–H groups in total. The second-order valence-electron chi connectivity index (χ2n) is 5.62. The average Bonchev–Trinajstić information content (AvgIpc) is 2.38. The number of hydrogen-bond acceptors (Lipinski definition) is 3. The molecule has 3 unspecified atom stereocenters. The van der Waals surface area contributed by atoms with Crippen LogP contribution in [-0.4, -0.2) is 44.2 Å². The van der Waals surface area contributed by atoms with Crippen molar-refractivity contribution < 1.29 is 9.53 Å². The third kappa shape index (κ3) is 4.25. The zero-order valence-corrected chi connectivity index (χ0v) is 12.0. The molecule has 3 atom stereocenters. The van der Waals surface area contributed by atoms with Gasteiger partial charge in [0.1, 0.15) is 0 Å². The number of amides is 1. The highest BCUT2D eigenvalue weighted by atomic mass is 16.5. The molecule has 4 nitrogen and oxygen atoms in total. The highest BCUT2D eigenvalue weighted by Gasteiger charge is 2.30. The monoisotopic (exact) mass is 256 g/mol. The molecule has 0 bridgehead atoms. The summed E-state index contributed by atoms with van der Waals surface area (Å²) >= 11 is 0. The van der Waals surface area contributed by atoms with Crippen LogP contribution in [-0.2, 0) is 9.53 Å². The van der Waals surface area contributed by atoms with E-state index in [9.17, 15) is 4.79 Å². The van der Waals surface area contributed by atoms with Crippen molar-refractivity contribution in [1.82, 2.24) is 4.90 Å². The molecule has 1 fully saturated rings. The van der Waals surface area contributed by atoms with Crippen LogP contribution < -0.4 is 5.73 Å². The van der Waals surface area contributed by atoms with Gasteiger partial charge in [0.25, 0.3) is 0 Å². The zero-order chi connectivity index (χ0) is 13.5. The van der Waals surface area contributed by atoms with Crippen molar-refractivity contribution in [2.45, 2.75) is 45.1 Å². The maximum atomic E-state index is 12.2. The largest absolute Gasteiger partial charge is 0.384 e. The van der Waals surface area contributed by atoms with Gasteiger partial charge in [-0.1, -0.05) is 19.8 Å². The third-order valence-electron chi connectivity index (χ3n) is 4.04. The van der Waals surface area contributed by atoms with Crippen LogP contribution in [0.1, 0.15) is 39.0 Å². The third-order valence-corrected chi connectivity index (χ3v) is 4.04. The summed E-state index contributed by atoms with van der Waals surface area (Å²) in [5, 5.41) is 0. The Kier molecular flexibility index (Phi) is 6.65. The molecule has 0 aliphatic heterocycles.